The third kappa shape index (κ3) is 4.74. The van der Waals surface area contributed by atoms with Crippen LogP contribution in [0.15, 0.2) is 18.2 Å². The number of benzene rings is 1. The monoisotopic (exact) mass is 398 g/mol. The molecule has 0 bridgehead atoms. The maximum atomic E-state index is 13.0. The second-order valence-electron chi connectivity index (χ2n) is 8.84. The van der Waals surface area contributed by atoms with Gasteiger partial charge in [0.05, 0.1) is 0 Å². The molecule has 3 amide bonds. The van der Waals surface area contributed by atoms with Crippen molar-refractivity contribution in [1.29, 1.82) is 0 Å². The predicted octanol–water partition coefficient (Wildman–Crippen LogP) is 3.44. The molecule has 1 aromatic carbocycles. The van der Waals surface area contributed by atoms with Crippen molar-refractivity contribution in [3.8, 4) is 0 Å². The van der Waals surface area contributed by atoms with Gasteiger partial charge in [0.1, 0.15) is 0 Å². The van der Waals surface area contributed by atoms with Crippen molar-refractivity contribution < 1.29 is 9.59 Å². The van der Waals surface area contributed by atoms with Crippen LogP contribution in [-0.4, -0.2) is 55.1 Å². The number of aryl methyl sites for hydroxylation is 1. The second-order valence-corrected chi connectivity index (χ2v) is 8.84. The number of nitrogens with one attached hydrogen (secondary N) is 2. The van der Waals surface area contributed by atoms with E-state index >= 15 is 0 Å². The molecule has 3 aliphatic rings. The highest BCUT2D eigenvalue weighted by Crippen LogP contribution is 2.26. The van der Waals surface area contributed by atoms with E-state index in [9.17, 15) is 9.59 Å². The van der Waals surface area contributed by atoms with Gasteiger partial charge in [-0.05, 0) is 56.8 Å². The molecular weight excluding hydrogens is 364 g/mol. The van der Waals surface area contributed by atoms with Gasteiger partial charge in [-0.3, -0.25) is 14.6 Å². The fourth-order valence-corrected chi connectivity index (χ4v) is 5.09. The van der Waals surface area contributed by atoms with Gasteiger partial charge in [-0.25, -0.2) is 4.79 Å². The Morgan fingerprint density at radius 2 is 1.86 bits per heavy atom. The molecule has 1 unspecified atom stereocenters. The lowest BCUT2D eigenvalue weighted by Crippen LogP contribution is -2.50. The predicted molar refractivity (Wildman–Crippen MR) is 115 cm³/mol. The van der Waals surface area contributed by atoms with E-state index in [4.69, 9.17) is 0 Å². The number of hydrogen-bond donors (Lipinski definition) is 2. The number of carbonyl (C=O) groups excluding carboxylic acids is 2. The Labute approximate surface area is 174 Å². The molecule has 0 radical (unpaired) electrons. The average Bonchev–Trinajstić information content (AvgIpc) is 2.98. The Morgan fingerprint density at radius 1 is 1.07 bits per heavy atom. The van der Waals surface area contributed by atoms with Crippen molar-refractivity contribution in [3.05, 3.63) is 29.3 Å². The summed E-state index contributed by atoms with van der Waals surface area (Å²) in [4.78, 5) is 29.3. The number of piperidine rings is 1. The van der Waals surface area contributed by atoms with Crippen LogP contribution in [0.3, 0.4) is 0 Å². The first-order valence-electron chi connectivity index (χ1n) is 11.3. The normalized spacial score (nSPS) is 24.2. The minimum Gasteiger partial charge on any atom is -0.348 e. The van der Waals surface area contributed by atoms with Crippen molar-refractivity contribution in [3.63, 3.8) is 0 Å². The van der Waals surface area contributed by atoms with Gasteiger partial charge in [0.25, 0.3) is 5.91 Å². The van der Waals surface area contributed by atoms with Gasteiger partial charge in [0, 0.05) is 43.0 Å². The first-order chi connectivity index (χ1) is 14.1. The zero-order valence-corrected chi connectivity index (χ0v) is 17.6. The number of anilines is 1. The van der Waals surface area contributed by atoms with Gasteiger partial charge in [-0.1, -0.05) is 31.7 Å². The standard InChI is InChI=1S/C23H34N4O2/c1-17-10-11-18(15-21(17)27-14-12-24-23(27)29)22(28)25-19-7-6-13-26(16-19)20-8-4-2-3-5-9-20/h10-11,15,19-20H,2-9,12-14,16H2,1H3,(H,24,29)(H,25,28). The number of nitrogens with zero attached hydrogens (tertiary/aromatic N) is 2. The fraction of sp³-hybridized carbons (Fsp3) is 0.652. The Bertz CT molecular complexity index is 742. The summed E-state index contributed by atoms with van der Waals surface area (Å²) in [6, 6.07) is 6.48. The molecular formula is C23H34N4O2. The van der Waals surface area contributed by atoms with Crippen LogP contribution in [0, 0.1) is 6.92 Å². The number of amides is 3. The summed E-state index contributed by atoms with van der Waals surface area (Å²) >= 11 is 0. The van der Waals surface area contributed by atoms with E-state index in [1.807, 2.05) is 25.1 Å². The van der Waals surface area contributed by atoms with Crippen LogP contribution in [0.2, 0.25) is 0 Å². The molecule has 3 fully saturated rings. The van der Waals surface area contributed by atoms with Crippen LogP contribution in [0.25, 0.3) is 0 Å². The molecule has 4 rings (SSSR count). The molecule has 6 nitrogen and oxygen atoms in total. The van der Waals surface area contributed by atoms with E-state index in [1.165, 1.54) is 38.5 Å². The molecule has 1 atom stereocenters. The smallest absolute Gasteiger partial charge is 0.322 e. The second kappa shape index (κ2) is 9.16. The minimum atomic E-state index is -0.0861. The van der Waals surface area contributed by atoms with E-state index < -0.39 is 0 Å². The van der Waals surface area contributed by atoms with E-state index in [1.54, 1.807) is 4.90 Å². The molecule has 1 saturated carbocycles. The van der Waals surface area contributed by atoms with Crippen molar-refractivity contribution in [2.24, 2.45) is 0 Å². The third-order valence-electron chi connectivity index (χ3n) is 6.75. The summed E-state index contributed by atoms with van der Waals surface area (Å²) in [6.45, 7) is 5.39. The topological polar surface area (TPSA) is 64.7 Å². The molecule has 6 heteroatoms. The number of likely N-dealkylation sites (tertiary alicyclic amines) is 1. The number of carbonyl (C=O) groups is 2. The summed E-state index contributed by atoms with van der Waals surface area (Å²) in [5.74, 6) is -0.0291. The van der Waals surface area contributed by atoms with Gasteiger partial charge < -0.3 is 10.6 Å². The van der Waals surface area contributed by atoms with Crippen molar-refractivity contribution in [1.82, 2.24) is 15.5 Å². The van der Waals surface area contributed by atoms with Crippen LogP contribution >= 0.6 is 0 Å². The Balaban J connectivity index is 1.40. The summed E-state index contributed by atoms with van der Waals surface area (Å²) in [7, 11) is 0. The van der Waals surface area contributed by atoms with E-state index in [0.29, 0.717) is 24.7 Å². The van der Waals surface area contributed by atoms with E-state index in [-0.39, 0.29) is 18.0 Å². The lowest BCUT2D eigenvalue weighted by atomic mass is 9.99. The summed E-state index contributed by atoms with van der Waals surface area (Å²) in [5, 5.41) is 6.10. The average molecular weight is 399 g/mol. The highest BCUT2D eigenvalue weighted by atomic mass is 16.2. The molecule has 2 aliphatic heterocycles. The number of urea groups is 1. The Kier molecular flexibility index (Phi) is 6.38. The maximum Gasteiger partial charge on any atom is 0.322 e. The molecule has 0 spiro atoms. The molecule has 2 saturated heterocycles. The van der Waals surface area contributed by atoms with E-state index in [2.05, 4.69) is 15.5 Å². The Hall–Kier alpha value is -2.08. The number of rotatable bonds is 4. The SMILES string of the molecule is Cc1ccc(C(=O)NC2CCCN(C3CCCCCC3)C2)cc1N1CCNC1=O. The van der Waals surface area contributed by atoms with Crippen LogP contribution in [0.4, 0.5) is 10.5 Å². The molecule has 2 N–H and O–H groups in total. The maximum absolute atomic E-state index is 13.0. The van der Waals surface area contributed by atoms with Gasteiger partial charge in [0.2, 0.25) is 0 Å². The first-order valence-corrected chi connectivity index (χ1v) is 11.3. The van der Waals surface area contributed by atoms with Crippen LogP contribution in [0.1, 0.15) is 67.3 Å². The van der Waals surface area contributed by atoms with Crippen molar-refractivity contribution in [2.45, 2.75) is 70.4 Å². The third-order valence-corrected chi connectivity index (χ3v) is 6.75. The van der Waals surface area contributed by atoms with Crippen LogP contribution in [0.5, 0.6) is 0 Å². The highest BCUT2D eigenvalue weighted by molar-refractivity contribution is 5.99. The minimum absolute atomic E-state index is 0.0291. The van der Waals surface area contributed by atoms with Gasteiger partial charge in [-0.15, -0.1) is 0 Å². The van der Waals surface area contributed by atoms with Crippen LogP contribution in [-0.2, 0) is 0 Å². The Morgan fingerprint density at radius 3 is 2.59 bits per heavy atom. The zero-order valence-electron chi connectivity index (χ0n) is 17.6. The van der Waals surface area contributed by atoms with Gasteiger partial charge >= 0.3 is 6.03 Å². The zero-order chi connectivity index (χ0) is 20.2. The van der Waals surface area contributed by atoms with Crippen LogP contribution < -0.4 is 15.5 Å². The summed E-state index contributed by atoms with van der Waals surface area (Å²) in [6.07, 6.45) is 10.2. The molecule has 1 aliphatic carbocycles. The van der Waals surface area contributed by atoms with Crippen molar-refractivity contribution >= 4 is 17.6 Å². The van der Waals surface area contributed by atoms with E-state index in [0.717, 1.165) is 37.2 Å². The lowest BCUT2D eigenvalue weighted by molar-refractivity contribution is 0.0860. The molecule has 29 heavy (non-hydrogen) atoms. The first kappa shape index (κ1) is 20.2. The molecule has 0 aromatic heterocycles. The summed E-state index contributed by atoms with van der Waals surface area (Å²) in [5.41, 5.74) is 2.48. The molecule has 1 aromatic rings. The quantitative estimate of drug-likeness (QED) is 0.764. The van der Waals surface area contributed by atoms with Gasteiger partial charge in [-0.2, -0.15) is 0 Å². The molecule has 2 heterocycles. The highest BCUT2D eigenvalue weighted by Gasteiger charge is 2.28. The fourth-order valence-electron chi connectivity index (χ4n) is 5.09. The largest absolute Gasteiger partial charge is 0.348 e. The molecule has 158 valence electrons. The van der Waals surface area contributed by atoms with Gasteiger partial charge in [0.15, 0.2) is 0 Å². The summed E-state index contributed by atoms with van der Waals surface area (Å²) < 4.78 is 0. The number of hydrogen-bond acceptors (Lipinski definition) is 3. The lowest BCUT2D eigenvalue weighted by Gasteiger charge is -2.38. The van der Waals surface area contributed by atoms with Crippen molar-refractivity contribution in [2.75, 3.05) is 31.1 Å².